The van der Waals surface area contributed by atoms with Crippen molar-refractivity contribution in [1.82, 2.24) is 4.98 Å². The molecule has 1 unspecified atom stereocenters. The number of halogens is 1. The Morgan fingerprint density at radius 1 is 1.52 bits per heavy atom. The topological polar surface area (TPSA) is 80.7 Å². The molecule has 0 aliphatic carbocycles. The van der Waals surface area contributed by atoms with Crippen LogP contribution in [0.5, 0.6) is 5.88 Å². The molecule has 0 saturated carbocycles. The maximum atomic E-state index is 12.4. The Morgan fingerprint density at radius 2 is 2.19 bits per heavy atom. The summed E-state index contributed by atoms with van der Waals surface area (Å²) in [5, 5.41) is 13.3. The Labute approximate surface area is 132 Å². The summed E-state index contributed by atoms with van der Waals surface area (Å²) < 4.78 is 10.9. The third-order valence-corrected chi connectivity index (χ3v) is 4.12. The summed E-state index contributed by atoms with van der Waals surface area (Å²) in [7, 11) is 1.50. The number of amides is 1. The summed E-state index contributed by atoms with van der Waals surface area (Å²) in [6, 6.07) is 3.25. The fourth-order valence-corrected chi connectivity index (χ4v) is 2.77. The minimum Gasteiger partial charge on any atom is -0.481 e. The van der Waals surface area contributed by atoms with E-state index in [1.807, 2.05) is 0 Å². The number of ether oxygens (including phenoxy) is 2. The Kier molecular flexibility index (Phi) is 5.18. The third-order valence-electron chi connectivity index (χ3n) is 3.71. The zero-order valence-electron chi connectivity index (χ0n) is 12.1. The molecule has 7 heteroatoms. The number of rotatable bonds is 4. The summed E-state index contributed by atoms with van der Waals surface area (Å²) >= 11 is 3.25. The lowest BCUT2D eigenvalue weighted by Gasteiger charge is -2.34. The highest BCUT2D eigenvalue weighted by Crippen LogP contribution is 2.29. The minimum absolute atomic E-state index is 0.113. The van der Waals surface area contributed by atoms with Crippen LogP contribution < -0.4 is 10.1 Å². The van der Waals surface area contributed by atoms with Gasteiger partial charge in [-0.25, -0.2) is 4.98 Å². The zero-order chi connectivity index (χ0) is 15.5. The maximum Gasteiger partial charge on any atom is 0.256 e. The molecular weight excluding hydrogens is 340 g/mol. The Balaban J connectivity index is 2.11. The fraction of sp³-hybridized carbons (Fsp3) is 0.571. The van der Waals surface area contributed by atoms with Crippen LogP contribution in [0.1, 0.15) is 19.8 Å². The summed E-state index contributed by atoms with van der Waals surface area (Å²) in [6.07, 6.45) is 1.34. The SMILES string of the molecule is COc1cc(NC(=O)C(C)(O)C2CCOCC2)cc(Br)n1. The van der Waals surface area contributed by atoms with E-state index in [1.165, 1.54) is 7.11 Å². The van der Waals surface area contributed by atoms with Crippen LogP contribution in [-0.4, -0.2) is 41.9 Å². The van der Waals surface area contributed by atoms with Gasteiger partial charge in [-0.05, 0) is 41.8 Å². The van der Waals surface area contributed by atoms with Crippen molar-refractivity contribution >= 4 is 27.5 Å². The van der Waals surface area contributed by atoms with E-state index in [0.717, 1.165) is 0 Å². The van der Waals surface area contributed by atoms with Crippen molar-refractivity contribution in [3.63, 3.8) is 0 Å². The molecule has 1 aliphatic heterocycles. The van der Waals surface area contributed by atoms with Crippen molar-refractivity contribution in [2.75, 3.05) is 25.6 Å². The Morgan fingerprint density at radius 3 is 2.81 bits per heavy atom. The molecule has 1 saturated heterocycles. The molecule has 1 aromatic heterocycles. The van der Waals surface area contributed by atoms with Gasteiger partial charge in [0.1, 0.15) is 10.2 Å². The van der Waals surface area contributed by atoms with Crippen LogP contribution >= 0.6 is 15.9 Å². The number of carbonyl (C=O) groups is 1. The van der Waals surface area contributed by atoms with Gasteiger partial charge in [0.05, 0.1) is 7.11 Å². The van der Waals surface area contributed by atoms with Crippen LogP contribution in [0.15, 0.2) is 16.7 Å². The van der Waals surface area contributed by atoms with Gasteiger partial charge in [0.25, 0.3) is 5.91 Å². The summed E-state index contributed by atoms with van der Waals surface area (Å²) in [6.45, 7) is 2.69. The molecule has 0 spiro atoms. The molecule has 0 aromatic carbocycles. The normalized spacial score (nSPS) is 18.9. The zero-order valence-corrected chi connectivity index (χ0v) is 13.6. The van der Waals surface area contributed by atoms with Gasteiger partial charge in [-0.1, -0.05) is 0 Å². The van der Waals surface area contributed by atoms with E-state index in [0.29, 0.717) is 42.2 Å². The molecule has 1 aromatic rings. The van der Waals surface area contributed by atoms with E-state index in [-0.39, 0.29) is 5.92 Å². The quantitative estimate of drug-likeness (QED) is 0.804. The van der Waals surface area contributed by atoms with Crippen molar-refractivity contribution in [2.45, 2.75) is 25.4 Å². The first-order valence-corrected chi connectivity index (χ1v) is 7.56. The summed E-state index contributed by atoms with van der Waals surface area (Å²) in [5.41, 5.74) is -0.918. The van der Waals surface area contributed by atoms with Crippen LogP contribution in [0.4, 0.5) is 5.69 Å². The summed E-state index contributed by atoms with van der Waals surface area (Å²) in [4.78, 5) is 16.4. The predicted molar refractivity (Wildman–Crippen MR) is 81.3 cm³/mol. The Hall–Kier alpha value is -1.18. The number of nitrogens with one attached hydrogen (secondary N) is 1. The molecule has 2 N–H and O–H groups in total. The molecule has 1 amide bonds. The number of hydrogen-bond donors (Lipinski definition) is 2. The second kappa shape index (κ2) is 6.72. The molecule has 116 valence electrons. The monoisotopic (exact) mass is 358 g/mol. The van der Waals surface area contributed by atoms with Crippen LogP contribution in [0, 0.1) is 5.92 Å². The van der Waals surface area contributed by atoms with Gasteiger partial charge in [0.15, 0.2) is 0 Å². The lowest BCUT2D eigenvalue weighted by molar-refractivity contribution is -0.141. The van der Waals surface area contributed by atoms with E-state index >= 15 is 0 Å². The number of nitrogens with zero attached hydrogens (tertiary/aromatic N) is 1. The van der Waals surface area contributed by atoms with Gasteiger partial charge < -0.3 is 19.9 Å². The number of aliphatic hydroxyl groups is 1. The van der Waals surface area contributed by atoms with Crippen LogP contribution in [0.2, 0.25) is 0 Å². The van der Waals surface area contributed by atoms with Crippen LogP contribution in [-0.2, 0) is 9.53 Å². The van der Waals surface area contributed by atoms with Crippen molar-refractivity contribution in [3.8, 4) is 5.88 Å². The van der Waals surface area contributed by atoms with Gasteiger partial charge in [0, 0.05) is 30.9 Å². The summed E-state index contributed by atoms with van der Waals surface area (Å²) in [5.74, 6) is -0.168. The van der Waals surface area contributed by atoms with Gasteiger partial charge in [-0.2, -0.15) is 0 Å². The lowest BCUT2D eigenvalue weighted by atomic mass is 9.82. The number of anilines is 1. The fourth-order valence-electron chi connectivity index (χ4n) is 2.35. The molecule has 0 radical (unpaired) electrons. The molecule has 0 bridgehead atoms. The standard InChI is InChI=1S/C14H19BrN2O4/c1-14(19,9-3-5-21-6-4-9)13(18)16-10-7-11(15)17-12(8-10)20-2/h7-9,19H,3-6H2,1-2H3,(H,16,17,18). The molecule has 2 heterocycles. The highest BCUT2D eigenvalue weighted by atomic mass is 79.9. The molecule has 1 atom stereocenters. The van der Waals surface area contributed by atoms with Crippen LogP contribution in [0.3, 0.4) is 0 Å². The second-order valence-electron chi connectivity index (χ2n) is 5.21. The largest absolute Gasteiger partial charge is 0.481 e. The van der Waals surface area contributed by atoms with Crippen molar-refractivity contribution in [2.24, 2.45) is 5.92 Å². The highest BCUT2D eigenvalue weighted by Gasteiger charge is 2.40. The molecular formula is C14H19BrN2O4. The van der Waals surface area contributed by atoms with Gasteiger partial charge in [0.2, 0.25) is 5.88 Å². The Bertz CT molecular complexity index is 516. The second-order valence-corrected chi connectivity index (χ2v) is 6.02. The smallest absolute Gasteiger partial charge is 0.256 e. The highest BCUT2D eigenvalue weighted by molar-refractivity contribution is 9.10. The molecule has 21 heavy (non-hydrogen) atoms. The minimum atomic E-state index is -1.44. The molecule has 2 rings (SSSR count). The van der Waals surface area contributed by atoms with Gasteiger partial charge >= 0.3 is 0 Å². The number of pyridine rings is 1. The van der Waals surface area contributed by atoms with Crippen LogP contribution in [0.25, 0.3) is 0 Å². The average molecular weight is 359 g/mol. The number of aromatic nitrogens is 1. The van der Waals surface area contributed by atoms with E-state index in [2.05, 4.69) is 26.2 Å². The molecule has 1 fully saturated rings. The molecule has 6 nitrogen and oxygen atoms in total. The first-order chi connectivity index (χ1) is 9.93. The van der Waals surface area contributed by atoms with Crippen molar-refractivity contribution < 1.29 is 19.4 Å². The number of carbonyl (C=O) groups excluding carboxylic acids is 1. The maximum absolute atomic E-state index is 12.4. The van der Waals surface area contributed by atoms with Gasteiger partial charge in [-0.3, -0.25) is 4.79 Å². The van der Waals surface area contributed by atoms with E-state index in [1.54, 1.807) is 19.1 Å². The molecule has 1 aliphatic rings. The number of hydrogen-bond acceptors (Lipinski definition) is 5. The number of methoxy groups -OCH3 is 1. The van der Waals surface area contributed by atoms with E-state index in [9.17, 15) is 9.90 Å². The van der Waals surface area contributed by atoms with Crippen molar-refractivity contribution in [3.05, 3.63) is 16.7 Å². The van der Waals surface area contributed by atoms with Gasteiger partial charge in [-0.15, -0.1) is 0 Å². The first kappa shape index (κ1) is 16.2. The first-order valence-electron chi connectivity index (χ1n) is 6.76. The third kappa shape index (κ3) is 3.93. The predicted octanol–water partition coefficient (Wildman–Crippen LogP) is 1.97. The van der Waals surface area contributed by atoms with E-state index in [4.69, 9.17) is 9.47 Å². The van der Waals surface area contributed by atoms with Crippen molar-refractivity contribution in [1.29, 1.82) is 0 Å². The van der Waals surface area contributed by atoms with E-state index < -0.39 is 11.5 Å². The average Bonchev–Trinajstić information content (AvgIpc) is 2.47. The lowest BCUT2D eigenvalue weighted by Crippen LogP contribution is -2.48.